The zero-order valence-corrected chi connectivity index (χ0v) is 11.5. The predicted molar refractivity (Wildman–Crippen MR) is 70.8 cm³/mol. The Labute approximate surface area is 105 Å². The molecule has 17 heavy (non-hydrogen) atoms. The maximum Gasteiger partial charge on any atom is 0.242 e. The van der Waals surface area contributed by atoms with Crippen LogP contribution in [0.2, 0.25) is 0 Å². The highest BCUT2D eigenvalue weighted by molar-refractivity contribution is 5.85. The average molecular weight is 241 g/mol. The maximum absolute atomic E-state index is 12.2. The van der Waals surface area contributed by atoms with Gasteiger partial charge in [0.05, 0.1) is 5.54 Å². The summed E-state index contributed by atoms with van der Waals surface area (Å²) in [4.78, 5) is 16.4. The summed E-state index contributed by atoms with van der Waals surface area (Å²) in [5.74, 6) is 0.0849. The molecule has 1 rings (SSSR count). The second-order valence-electron chi connectivity index (χ2n) is 5.14. The molecule has 0 aromatic carbocycles. The third-order valence-corrected chi connectivity index (χ3v) is 3.98. The molecule has 4 nitrogen and oxygen atoms in total. The van der Waals surface area contributed by atoms with Gasteiger partial charge in [-0.3, -0.25) is 4.79 Å². The fourth-order valence-corrected chi connectivity index (χ4v) is 2.33. The van der Waals surface area contributed by atoms with Crippen LogP contribution in [0.25, 0.3) is 0 Å². The first kappa shape index (κ1) is 14.5. The molecule has 1 heterocycles. The van der Waals surface area contributed by atoms with Gasteiger partial charge in [-0.1, -0.05) is 13.8 Å². The Hall–Kier alpha value is -0.610. The largest absolute Gasteiger partial charge is 0.343 e. The highest BCUT2D eigenvalue weighted by Gasteiger charge is 2.32. The summed E-state index contributed by atoms with van der Waals surface area (Å²) in [5.41, 5.74) is 5.45. The number of nitrogens with zero attached hydrogens (tertiary/aromatic N) is 2. The second kappa shape index (κ2) is 6.36. The van der Waals surface area contributed by atoms with E-state index in [4.69, 9.17) is 5.73 Å². The Bertz CT molecular complexity index is 245. The lowest BCUT2D eigenvalue weighted by Gasteiger charge is -2.31. The highest BCUT2D eigenvalue weighted by atomic mass is 16.2. The fraction of sp³-hybridized carbons (Fsp3) is 0.923. The molecule has 1 aliphatic rings. The molecule has 0 saturated carbocycles. The summed E-state index contributed by atoms with van der Waals surface area (Å²) in [6, 6.07) is 0. The van der Waals surface area contributed by atoms with Crippen molar-refractivity contribution in [2.75, 3.05) is 33.2 Å². The Morgan fingerprint density at radius 1 is 1.29 bits per heavy atom. The lowest BCUT2D eigenvalue weighted by Crippen LogP contribution is -2.54. The molecule has 1 amide bonds. The Balaban J connectivity index is 2.40. The van der Waals surface area contributed by atoms with Crippen LogP contribution in [0.5, 0.6) is 0 Å². The van der Waals surface area contributed by atoms with Crippen LogP contribution in [0.3, 0.4) is 0 Å². The number of carbonyl (C=O) groups excluding carboxylic acids is 1. The van der Waals surface area contributed by atoms with Gasteiger partial charge in [0.2, 0.25) is 5.91 Å². The molecule has 0 unspecified atom stereocenters. The lowest BCUT2D eigenvalue weighted by atomic mass is 9.92. The first-order valence-electron chi connectivity index (χ1n) is 6.80. The molecule has 4 heteroatoms. The summed E-state index contributed by atoms with van der Waals surface area (Å²) in [7, 11) is 1.87. The van der Waals surface area contributed by atoms with E-state index in [1.807, 2.05) is 20.9 Å². The summed E-state index contributed by atoms with van der Waals surface area (Å²) >= 11 is 0. The van der Waals surface area contributed by atoms with Crippen molar-refractivity contribution in [2.45, 2.75) is 45.1 Å². The zero-order chi connectivity index (χ0) is 12.9. The summed E-state index contributed by atoms with van der Waals surface area (Å²) in [6.07, 6.45) is 4.00. The molecule has 0 aliphatic carbocycles. The molecule has 1 fully saturated rings. The van der Waals surface area contributed by atoms with Crippen LogP contribution < -0.4 is 5.73 Å². The minimum absolute atomic E-state index is 0.0849. The number of likely N-dealkylation sites (tertiary alicyclic amines) is 1. The van der Waals surface area contributed by atoms with Crippen LogP contribution >= 0.6 is 0 Å². The van der Waals surface area contributed by atoms with Gasteiger partial charge in [0.25, 0.3) is 0 Å². The highest BCUT2D eigenvalue weighted by Crippen LogP contribution is 2.14. The van der Waals surface area contributed by atoms with E-state index in [1.54, 1.807) is 4.90 Å². The van der Waals surface area contributed by atoms with Crippen molar-refractivity contribution in [3.8, 4) is 0 Å². The molecule has 0 radical (unpaired) electrons. The summed E-state index contributed by atoms with van der Waals surface area (Å²) < 4.78 is 0. The maximum atomic E-state index is 12.2. The Kier molecular flexibility index (Phi) is 5.40. The van der Waals surface area contributed by atoms with E-state index in [2.05, 4.69) is 4.90 Å². The minimum atomic E-state index is -0.667. The Morgan fingerprint density at radius 2 is 1.82 bits per heavy atom. The van der Waals surface area contributed by atoms with Crippen molar-refractivity contribution < 1.29 is 4.79 Å². The predicted octanol–water partition coefficient (Wildman–Crippen LogP) is 1.06. The van der Waals surface area contributed by atoms with Crippen LogP contribution in [-0.4, -0.2) is 54.5 Å². The monoisotopic (exact) mass is 241 g/mol. The fourth-order valence-electron chi connectivity index (χ4n) is 2.33. The van der Waals surface area contributed by atoms with Gasteiger partial charge in [0.1, 0.15) is 0 Å². The van der Waals surface area contributed by atoms with Crippen LogP contribution in [-0.2, 0) is 4.79 Å². The molecule has 2 N–H and O–H groups in total. The van der Waals surface area contributed by atoms with E-state index >= 15 is 0 Å². The van der Waals surface area contributed by atoms with Crippen LogP contribution in [0.4, 0.5) is 0 Å². The molecular weight excluding hydrogens is 214 g/mol. The van der Waals surface area contributed by atoms with Crippen LogP contribution in [0.1, 0.15) is 39.5 Å². The third kappa shape index (κ3) is 3.68. The number of hydrogen-bond donors (Lipinski definition) is 1. The van der Waals surface area contributed by atoms with Gasteiger partial charge in [-0.2, -0.15) is 0 Å². The number of likely N-dealkylation sites (N-methyl/N-ethyl adjacent to an activating group) is 1. The average Bonchev–Trinajstić information content (AvgIpc) is 2.87. The SMILES string of the molecule is CCC(N)(CC)C(=O)N(C)CCN1CCCC1. The van der Waals surface area contributed by atoms with Gasteiger partial charge < -0.3 is 15.5 Å². The third-order valence-electron chi connectivity index (χ3n) is 3.98. The molecule has 0 atom stereocenters. The molecule has 100 valence electrons. The van der Waals surface area contributed by atoms with Gasteiger partial charge in [-0.25, -0.2) is 0 Å². The number of hydrogen-bond acceptors (Lipinski definition) is 3. The summed E-state index contributed by atoms with van der Waals surface area (Å²) in [6.45, 7) is 8.09. The van der Waals surface area contributed by atoms with Crippen LogP contribution in [0.15, 0.2) is 0 Å². The van der Waals surface area contributed by atoms with E-state index < -0.39 is 5.54 Å². The first-order chi connectivity index (χ1) is 8.03. The van der Waals surface area contributed by atoms with Gasteiger partial charge >= 0.3 is 0 Å². The lowest BCUT2D eigenvalue weighted by molar-refractivity contribution is -0.136. The molecule has 1 saturated heterocycles. The summed E-state index contributed by atoms with van der Waals surface area (Å²) in [5, 5.41) is 0. The minimum Gasteiger partial charge on any atom is -0.343 e. The zero-order valence-electron chi connectivity index (χ0n) is 11.5. The molecule has 0 aromatic rings. The van der Waals surface area contributed by atoms with E-state index in [9.17, 15) is 4.79 Å². The van der Waals surface area contributed by atoms with Crippen LogP contribution in [0, 0.1) is 0 Å². The smallest absolute Gasteiger partial charge is 0.242 e. The van der Waals surface area contributed by atoms with Crippen molar-refractivity contribution in [3.63, 3.8) is 0 Å². The van der Waals surface area contributed by atoms with E-state index in [0.717, 1.165) is 13.1 Å². The van der Waals surface area contributed by atoms with Gasteiger partial charge in [-0.15, -0.1) is 0 Å². The van der Waals surface area contributed by atoms with Crippen molar-refractivity contribution >= 4 is 5.91 Å². The molecule has 0 spiro atoms. The van der Waals surface area contributed by atoms with Crippen molar-refractivity contribution in [1.29, 1.82) is 0 Å². The van der Waals surface area contributed by atoms with Crippen molar-refractivity contribution in [1.82, 2.24) is 9.80 Å². The number of nitrogens with two attached hydrogens (primary N) is 1. The quantitative estimate of drug-likeness (QED) is 0.756. The van der Waals surface area contributed by atoms with Gasteiger partial charge in [-0.05, 0) is 38.8 Å². The molecule has 1 aliphatic heterocycles. The van der Waals surface area contributed by atoms with Crippen molar-refractivity contribution in [3.05, 3.63) is 0 Å². The van der Waals surface area contributed by atoms with E-state index in [1.165, 1.54) is 25.9 Å². The molecule has 0 bridgehead atoms. The van der Waals surface area contributed by atoms with E-state index in [0.29, 0.717) is 12.8 Å². The topological polar surface area (TPSA) is 49.6 Å². The Morgan fingerprint density at radius 3 is 2.29 bits per heavy atom. The normalized spacial score (nSPS) is 17.4. The van der Waals surface area contributed by atoms with Gasteiger partial charge in [0, 0.05) is 20.1 Å². The first-order valence-corrected chi connectivity index (χ1v) is 6.80. The number of carbonyl (C=O) groups is 1. The van der Waals surface area contributed by atoms with E-state index in [-0.39, 0.29) is 5.91 Å². The number of rotatable bonds is 6. The second-order valence-corrected chi connectivity index (χ2v) is 5.14. The van der Waals surface area contributed by atoms with Gasteiger partial charge in [0.15, 0.2) is 0 Å². The number of amides is 1. The standard InChI is InChI=1S/C13H27N3O/c1-4-13(14,5-2)12(17)15(3)10-11-16-8-6-7-9-16/h4-11,14H2,1-3H3. The molecular formula is C13H27N3O. The van der Waals surface area contributed by atoms with Crippen molar-refractivity contribution in [2.24, 2.45) is 5.73 Å². The molecule has 0 aromatic heterocycles.